The second-order valence-electron chi connectivity index (χ2n) is 3.81. The van der Waals surface area contributed by atoms with E-state index < -0.39 is 0 Å². The Labute approximate surface area is 106 Å². The van der Waals surface area contributed by atoms with E-state index in [4.69, 9.17) is 4.74 Å². The Balaban J connectivity index is 1.98. The fourth-order valence-electron chi connectivity index (χ4n) is 1.89. The zero-order valence-electron chi connectivity index (χ0n) is 8.57. The van der Waals surface area contributed by atoms with E-state index in [2.05, 4.69) is 31.6 Å². The molecular formula is C11H11BrN2OS. The lowest BCUT2D eigenvalue weighted by atomic mass is 10.3. The number of rotatable bonds is 2. The average molecular weight is 299 g/mol. The minimum atomic E-state index is 0.255. The summed E-state index contributed by atoms with van der Waals surface area (Å²) in [4.78, 5) is 4.33. The average Bonchev–Trinajstić information content (AvgIpc) is 2.90. The molecule has 3 rings (SSSR count). The van der Waals surface area contributed by atoms with Crippen molar-refractivity contribution < 1.29 is 4.74 Å². The Morgan fingerprint density at radius 3 is 3.31 bits per heavy atom. The first-order chi connectivity index (χ1) is 7.84. The molecule has 1 saturated heterocycles. The highest BCUT2D eigenvalue weighted by atomic mass is 79.9. The van der Waals surface area contributed by atoms with E-state index in [0.717, 1.165) is 35.2 Å². The molecule has 1 N–H and O–H groups in total. The van der Waals surface area contributed by atoms with Gasteiger partial charge in [0, 0.05) is 27.3 Å². The van der Waals surface area contributed by atoms with Gasteiger partial charge in [0.2, 0.25) is 5.88 Å². The standard InChI is InChI=1S/C11H11BrN2OS/c12-8-6-16-9-2-4-14-11(10(8)9)15-7-1-3-13-5-7/h2,4,6-7,13H,1,3,5H2/t7-/m0/s1. The minimum Gasteiger partial charge on any atom is -0.472 e. The van der Waals surface area contributed by atoms with Crippen LogP contribution in [0.5, 0.6) is 5.88 Å². The van der Waals surface area contributed by atoms with E-state index >= 15 is 0 Å². The number of hydrogen-bond acceptors (Lipinski definition) is 4. The highest BCUT2D eigenvalue weighted by molar-refractivity contribution is 9.10. The maximum absolute atomic E-state index is 5.93. The van der Waals surface area contributed by atoms with E-state index in [0.29, 0.717) is 0 Å². The third-order valence-corrected chi connectivity index (χ3v) is 4.58. The van der Waals surface area contributed by atoms with Crippen LogP contribution in [0.2, 0.25) is 0 Å². The fourth-order valence-corrected chi connectivity index (χ4v) is 3.49. The molecule has 0 unspecified atom stereocenters. The third-order valence-electron chi connectivity index (χ3n) is 2.70. The number of aromatic nitrogens is 1. The lowest BCUT2D eigenvalue weighted by Crippen LogP contribution is -2.20. The maximum Gasteiger partial charge on any atom is 0.223 e. The predicted octanol–water partition coefficient (Wildman–Crippen LogP) is 2.80. The largest absolute Gasteiger partial charge is 0.472 e. The van der Waals surface area contributed by atoms with Crippen LogP contribution in [0.15, 0.2) is 22.1 Å². The maximum atomic E-state index is 5.93. The van der Waals surface area contributed by atoms with Crippen LogP contribution in [0, 0.1) is 0 Å². The van der Waals surface area contributed by atoms with E-state index in [1.54, 1.807) is 11.3 Å². The van der Waals surface area contributed by atoms with Gasteiger partial charge in [-0.3, -0.25) is 0 Å². The number of nitrogens with one attached hydrogen (secondary N) is 1. The quantitative estimate of drug-likeness (QED) is 0.926. The molecule has 2 aromatic rings. The second-order valence-corrected chi connectivity index (χ2v) is 5.57. The van der Waals surface area contributed by atoms with Crippen molar-refractivity contribution in [1.29, 1.82) is 0 Å². The summed E-state index contributed by atoms with van der Waals surface area (Å²) < 4.78 is 8.21. The predicted molar refractivity (Wildman–Crippen MR) is 69.2 cm³/mol. The molecule has 1 fully saturated rings. The van der Waals surface area contributed by atoms with E-state index in [1.165, 1.54) is 4.70 Å². The van der Waals surface area contributed by atoms with Crippen LogP contribution in [-0.4, -0.2) is 24.2 Å². The molecule has 0 spiro atoms. The van der Waals surface area contributed by atoms with Crippen molar-refractivity contribution in [3.8, 4) is 5.88 Å². The molecule has 0 amide bonds. The summed E-state index contributed by atoms with van der Waals surface area (Å²) in [5.74, 6) is 0.749. The van der Waals surface area contributed by atoms with Crippen LogP contribution in [0.4, 0.5) is 0 Å². The summed E-state index contributed by atoms with van der Waals surface area (Å²) in [7, 11) is 0. The van der Waals surface area contributed by atoms with Crippen LogP contribution < -0.4 is 10.1 Å². The number of thiophene rings is 1. The van der Waals surface area contributed by atoms with Crippen LogP contribution in [0.1, 0.15) is 6.42 Å². The SMILES string of the molecule is Brc1csc2ccnc(O[C@H]3CCNC3)c12. The van der Waals surface area contributed by atoms with Crippen LogP contribution in [-0.2, 0) is 0 Å². The smallest absolute Gasteiger partial charge is 0.223 e. The Morgan fingerprint density at radius 2 is 2.50 bits per heavy atom. The summed E-state index contributed by atoms with van der Waals surface area (Å²) in [5, 5.41) is 6.46. The van der Waals surface area contributed by atoms with Gasteiger partial charge in [-0.15, -0.1) is 11.3 Å². The topological polar surface area (TPSA) is 34.1 Å². The summed E-state index contributed by atoms with van der Waals surface area (Å²) in [6, 6.07) is 2.02. The van der Waals surface area contributed by atoms with E-state index in [-0.39, 0.29) is 6.10 Å². The molecule has 5 heteroatoms. The zero-order valence-corrected chi connectivity index (χ0v) is 11.0. The summed E-state index contributed by atoms with van der Waals surface area (Å²) >= 11 is 5.25. The Hall–Kier alpha value is -0.650. The molecule has 16 heavy (non-hydrogen) atoms. The van der Waals surface area contributed by atoms with Crippen LogP contribution in [0.3, 0.4) is 0 Å². The van der Waals surface area contributed by atoms with Gasteiger partial charge >= 0.3 is 0 Å². The normalized spacial score (nSPS) is 20.4. The zero-order chi connectivity index (χ0) is 11.0. The Morgan fingerprint density at radius 1 is 1.56 bits per heavy atom. The lowest BCUT2D eigenvalue weighted by Gasteiger charge is -2.12. The molecule has 2 aromatic heterocycles. The van der Waals surface area contributed by atoms with Crippen molar-refractivity contribution in [3.05, 3.63) is 22.1 Å². The minimum absolute atomic E-state index is 0.255. The molecule has 0 bridgehead atoms. The molecule has 0 aliphatic carbocycles. The van der Waals surface area contributed by atoms with Gasteiger partial charge in [0.25, 0.3) is 0 Å². The number of hydrogen-bond donors (Lipinski definition) is 1. The van der Waals surface area contributed by atoms with Crippen molar-refractivity contribution in [2.75, 3.05) is 13.1 Å². The first-order valence-corrected chi connectivity index (χ1v) is 6.91. The fraction of sp³-hybridized carbons (Fsp3) is 0.364. The second kappa shape index (κ2) is 4.31. The van der Waals surface area contributed by atoms with Crippen LogP contribution in [0.25, 0.3) is 10.1 Å². The molecular weight excluding hydrogens is 288 g/mol. The Kier molecular flexibility index (Phi) is 2.83. The lowest BCUT2D eigenvalue weighted by molar-refractivity contribution is 0.217. The summed E-state index contributed by atoms with van der Waals surface area (Å²) in [6.45, 7) is 1.95. The van der Waals surface area contributed by atoms with Crippen LogP contribution >= 0.6 is 27.3 Å². The third kappa shape index (κ3) is 1.83. The number of fused-ring (bicyclic) bond motifs is 1. The molecule has 0 saturated carbocycles. The first kappa shape index (κ1) is 10.5. The number of pyridine rings is 1. The van der Waals surface area contributed by atoms with Gasteiger partial charge in [-0.05, 0) is 35.0 Å². The van der Waals surface area contributed by atoms with Gasteiger partial charge in [-0.2, -0.15) is 0 Å². The van der Waals surface area contributed by atoms with Gasteiger partial charge in [-0.1, -0.05) is 0 Å². The highest BCUT2D eigenvalue weighted by Gasteiger charge is 2.18. The van der Waals surface area contributed by atoms with Gasteiger partial charge in [0.05, 0.1) is 5.39 Å². The summed E-state index contributed by atoms with van der Waals surface area (Å²) in [5.41, 5.74) is 0. The number of ether oxygens (including phenoxy) is 1. The molecule has 1 aliphatic rings. The van der Waals surface area contributed by atoms with Crippen molar-refractivity contribution in [3.63, 3.8) is 0 Å². The van der Waals surface area contributed by atoms with Crippen molar-refractivity contribution in [2.24, 2.45) is 0 Å². The van der Waals surface area contributed by atoms with Gasteiger partial charge < -0.3 is 10.1 Å². The van der Waals surface area contributed by atoms with Crippen molar-refractivity contribution in [1.82, 2.24) is 10.3 Å². The van der Waals surface area contributed by atoms with E-state index in [9.17, 15) is 0 Å². The van der Waals surface area contributed by atoms with Gasteiger partial charge in [0.1, 0.15) is 6.10 Å². The van der Waals surface area contributed by atoms with Gasteiger partial charge in [0.15, 0.2) is 0 Å². The number of nitrogens with zero attached hydrogens (tertiary/aromatic N) is 1. The van der Waals surface area contributed by atoms with Crippen molar-refractivity contribution in [2.45, 2.75) is 12.5 Å². The van der Waals surface area contributed by atoms with Crippen molar-refractivity contribution >= 4 is 37.4 Å². The summed E-state index contributed by atoms with van der Waals surface area (Å²) in [6.07, 6.45) is 3.12. The molecule has 1 aliphatic heterocycles. The highest BCUT2D eigenvalue weighted by Crippen LogP contribution is 2.36. The van der Waals surface area contributed by atoms with E-state index in [1.807, 2.05) is 12.3 Å². The molecule has 3 heterocycles. The van der Waals surface area contributed by atoms with Gasteiger partial charge in [-0.25, -0.2) is 4.98 Å². The molecule has 0 radical (unpaired) electrons. The molecule has 84 valence electrons. The molecule has 0 aromatic carbocycles. The molecule has 1 atom stereocenters. The monoisotopic (exact) mass is 298 g/mol. The Bertz CT molecular complexity index is 508. The molecule has 3 nitrogen and oxygen atoms in total. The number of halogens is 1. The first-order valence-electron chi connectivity index (χ1n) is 5.23.